The molecule has 3 nitrogen and oxygen atoms in total. The van der Waals surface area contributed by atoms with E-state index in [0.717, 1.165) is 5.56 Å². The zero-order valence-electron chi connectivity index (χ0n) is 9.98. The van der Waals surface area contributed by atoms with Crippen LogP contribution in [0.1, 0.15) is 19.4 Å². The summed E-state index contributed by atoms with van der Waals surface area (Å²) in [5, 5.41) is 8.97. The summed E-state index contributed by atoms with van der Waals surface area (Å²) < 4.78 is -0.695. The van der Waals surface area contributed by atoms with E-state index in [0.29, 0.717) is 13.0 Å². The van der Waals surface area contributed by atoms with Gasteiger partial charge in [-0.25, -0.2) is 4.90 Å². The van der Waals surface area contributed by atoms with Crippen molar-refractivity contribution in [2.75, 3.05) is 6.54 Å². The molecule has 0 fully saturated rings. The molecule has 1 aromatic carbocycles. The molecular formula is C13H15BrN2O. The minimum atomic E-state index is -0.695. The Morgan fingerprint density at radius 1 is 1.41 bits per heavy atom. The smallest absolute Gasteiger partial charge is 0.251 e. The van der Waals surface area contributed by atoms with Crippen LogP contribution < -0.4 is 0 Å². The van der Waals surface area contributed by atoms with Gasteiger partial charge in [-0.05, 0) is 25.8 Å². The van der Waals surface area contributed by atoms with Crippen molar-refractivity contribution < 1.29 is 4.79 Å². The summed E-state index contributed by atoms with van der Waals surface area (Å²) >= 11 is 3.27. The number of carbonyl (C=O) groups is 1. The Balaban J connectivity index is 2.61. The van der Waals surface area contributed by atoms with E-state index in [9.17, 15) is 4.79 Å². The predicted molar refractivity (Wildman–Crippen MR) is 70.5 cm³/mol. The summed E-state index contributed by atoms with van der Waals surface area (Å²) in [6.45, 7) is 3.89. The fourth-order valence-corrected chi connectivity index (χ4v) is 1.62. The molecule has 0 aliphatic heterocycles. The van der Waals surface area contributed by atoms with Gasteiger partial charge in [-0.2, -0.15) is 5.26 Å². The molecule has 0 aliphatic carbocycles. The van der Waals surface area contributed by atoms with Crippen molar-refractivity contribution in [3.63, 3.8) is 0 Å². The maximum Gasteiger partial charge on any atom is 0.251 e. The molecule has 0 spiro atoms. The van der Waals surface area contributed by atoms with Crippen molar-refractivity contribution in [1.29, 1.82) is 5.26 Å². The second kappa shape index (κ2) is 5.83. The van der Waals surface area contributed by atoms with E-state index < -0.39 is 4.32 Å². The zero-order chi connectivity index (χ0) is 12.9. The largest absolute Gasteiger partial charge is 0.272 e. The Morgan fingerprint density at radius 2 is 2.00 bits per heavy atom. The summed E-state index contributed by atoms with van der Waals surface area (Å²) in [4.78, 5) is 13.1. The van der Waals surface area contributed by atoms with Gasteiger partial charge >= 0.3 is 0 Å². The topological polar surface area (TPSA) is 44.1 Å². The quantitative estimate of drug-likeness (QED) is 0.487. The maximum absolute atomic E-state index is 11.9. The highest BCUT2D eigenvalue weighted by Crippen LogP contribution is 2.19. The highest BCUT2D eigenvalue weighted by atomic mass is 79.9. The Bertz CT molecular complexity index is 417. The van der Waals surface area contributed by atoms with Crippen molar-refractivity contribution >= 4 is 21.8 Å². The van der Waals surface area contributed by atoms with Crippen LogP contribution in [0.15, 0.2) is 30.3 Å². The van der Waals surface area contributed by atoms with Gasteiger partial charge in [-0.15, -0.1) is 0 Å². The summed E-state index contributed by atoms with van der Waals surface area (Å²) in [5.41, 5.74) is 1.12. The molecule has 0 aromatic heterocycles. The van der Waals surface area contributed by atoms with Gasteiger partial charge in [0.25, 0.3) is 5.91 Å². The highest BCUT2D eigenvalue weighted by molar-refractivity contribution is 9.10. The first-order chi connectivity index (χ1) is 7.95. The lowest BCUT2D eigenvalue weighted by atomic mass is 10.1. The third-order valence-electron chi connectivity index (χ3n) is 2.34. The van der Waals surface area contributed by atoms with Crippen molar-refractivity contribution in [1.82, 2.24) is 4.90 Å². The fraction of sp³-hybridized carbons (Fsp3) is 0.385. The number of alkyl halides is 1. The van der Waals surface area contributed by atoms with Crippen LogP contribution in [0.25, 0.3) is 0 Å². The van der Waals surface area contributed by atoms with Gasteiger partial charge in [0.05, 0.1) is 4.32 Å². The van der Waals surface area contributed by atoms with Crippen molar-refractivity contribution in [2.45, 2.75) is 24.6 Å². The van der Waals surface area contributed by atoms with Crippen molar-refractivity contribution in [3.8, 4) is 6.19 Å². The average molecular weight is 295 g/mol. The molecule has 0 saturated carbocycles. The minimum Gasteiger partial charge on any atom is -0.272 e. The molecule has 0 bridgehead atoms. The molecular weight excluding hydrogens is 280 g/mol. The van der Waals surface area contributed by atoms with Crippen LogP contribution in [0.3, 0.4) is 0 Å². The van der Waals surface area contributed by atoms with Gasteiger partial charge in [0.2, 0.25) is 0 Å². The van der Waals surface area contributed by atoms with Gasteiger partial charge in [-0.3, -0.25) is 4.79 Å². The normalized spacial score (nSPS) is 10.7. The monoisotopic (exact) mass is 294 g/mol. The molecule has 0 heterocycles. The van der Waals surface area contributed by atoms with E-state index in [1.54, 1.807) is 13.8 Å². The summed E-state index contributed by atoms with van der Waals surface area (Å²) in [6.07, 6.45) is 2.62. The van der Waals surface area contributed by atoms with E-state index in [-0.39, 0.29) is 5.91 Å². The fourth-order valence-electron chi connectivity index (χ4n) is 1.40. The third-order valence-corrected chi connectivity index (χ3v) is 2.68. The van der Waals surface area contributed by atoms with Gasteiger partial charge in [-0.1, -0.05) is 46.3 Å². The summed E-state index contributed by atoms with van der Waals surface area (Å²) in [7, 11) is 0. The first-order valence-corrected chi connectivity index (χ1v) is 6.19. The van der Waals surface area contributed by atoms with Crippen LogP contribution in [0, 0.1) is 11.5 Å². The molecule has 90 valence electrons. The summed E-state index contributed by atoms with van der Waals surface area (Å²) in [5.74, 6) is -0.212. The van der Waals surface area contributed by atoms with E-state index in [1.807, 2.05) is 36.5 Å². The number of benzene rings is 1. The molecule has 1 amide bonds. The van der Waals surface area contributed by atoms with Gasteiger partial charge in [0.15, 0.2) is 6.19 Å². The van der Waals surface area contributed by atoms with Gasteiger partial charge in [0.1, 0.15) is 0 Å². The van der Waals surface area contributed by atoms with E-state index >= 15 is 0 Å². The molecule has 1 aromatic rings. The van der Waals surface area contributed by atoms with E-state index in [4.69, 9.17) is 5.26 Å². The maximum atomic E-state index is 11.9. The molecule has 0 N–H and O–H groups in total. The number of hydrogen-bond donors (Lipinski definition) is 0. The van der Waals surface area contributed by atoms with Crippen LogP contribution in [-0.2, 0) is 11.2 Å². The number of rotatable bonds is 4. The van der Waals surface area contributed by atoms with Crippen LogP contribution in [0.5, 0.6) is 0 Å². The first-order valence-electron chi connectivity index (χ1n) is 5.39. The molecule has 0 saturated heterocycles. The molecule has 0 atom stereocenters. The molecule has 0 aliphatic rings. The van der Waals surface area contributed by atoms with Crippen LogP contribution in [0.4, 0.5) is 0 Å². The van der Waals surface area contributed by atoms with Crippen molar-refractivity contribution in [2.24, 2.45) is 0 Å². The number of nitrogens with zero attached hydrogens (tertiary/aromatic N) is 2. The number of nitriles is 1. The molecule has 0 unspecified atom stereocenters. The Kier molecular flexibility index (Phi) is 4.71. The lowest BCUT2D eigenvalue weighted by molar-refractivity contribution is -0.129. The molecule has 4 heteroatoms. The highest BCUT2D eigenvalue weighted by Gasteiger charge is 2.29. The molecule has 17 heavy (non-hydrogen) atoms. The second-order valence-corrected chi connectivity index (χ2v) is 6.25. The van der Waals surface area contributed by atoms with Crippen LogP contribution in [-0.4, -0.2) is 21.7 Å². The Labute approximate surface area is 110 Å². The lowest BCUT2D eigenvalue weighted by Crippen LogP contribution is -2.39. The van der Waals surface area contributed by atoms with Crippen molar-refractivity contribution in [3.05, 3.63) is 35.9 Å². The zero-order valence-corrected chi connectivity index (χ0v) is 11.6. The average Bonchev–Trinajstić information content (AvgIpc) is 2.30. The van der Waals surface area contributed by atoms with Gasteiger partial charge < -0.3 is 0 Å². The summed E-state index contributed by atoms with van der Waals surface area (Å²) in [6, 6.07) is 9.81. The third kappa shape index (κ3) is 4.20. The standard InChI is InChI=1S/C13H15BrN2O/c1-13(2,14)12(17)16(10-15)9-8-11-6-4-3-5-7-11/h3-7H,8-9H2,1-2H3. The molecule has 0 radical (unpaired) electrons. The Hall–Kier alpha value is -1.34. The molecule has 1 rings (SSSR count). The SMILES string of the molecule is CC(C)(Br)C(=O)N(C#N)CCc1ccccc1. The second-order valence-electron chi connectivity index (χ2n) is 4.26. The number of hydrogen-bond acceptors (Lipinski definition) is 2. The Morgan fingerprint density at radius 3 is 2.47 bits per heavy atom. The first kappa shape index (κ1) is 13.7. The lowest BCUT2D eigenvalue weighted by Gasteiger charge is -2.21. The van der Waals surface area contributed by atoms with Crippen LogP contribution >= 0.6 is 15.9 Å². The van der Waals surface area contributed by atoms with Gasteiger partial charge in [0, 0.05) is 6.54 Å². The van der Waals surface area contributed by atoms with E-state index in [2.05, 4.69) is 15.9 Å². The minimum absolute atomic E-state index is 0.212. The predicted octanol–water partition coefficient (Wildman–Crippen LogP) is 2.71. The van der Waals surface area contributed by atoms with Crippen LogP contribution in [0.2, 0.25) is 0 Å². The number of carbonyl (C=O) groups excluding carboxylic acids is 1. The number of amides is 1. The van der Waals surface area contributed by atoms with E-state index in [1.165, 1.54) is 4.90 Å². The number of halogens is 1.